The lowest BCUT2D eigenvalue weighted by Gasteiger charge is -2.35. The fourth-order valence-corrected chi connectivity index (χ4v) is 6.42. The third-order valence-electron chi connectivity index (χ3n) is 6.72. The van der Waals surface area contributed by atoms with Crippen LogP contribution < -0.4 is 4.74 Å². The highest BCUT2D eigenvalue weighted by molar-refractivity contribution is 7.18. The highest BCUT2D eigenvalue weighted by Gasteiger charge is 2.32. The molecule has 0 bridgehead atoms. The Hall–Kier alpha value is -1.89. The summed E-state index contributed by atoms with van der Waals surface area (Å²) in [6.07, 6.45) is 11.3. The molecule has 1 amide bonds. The third kappa shape index (κ3) is 5.03. The van der Waals surface area contributed by atoms with Gasteiger partial charge in [-0.05, 0) is 83.6 Å². The van der Waals surface area contributed by atoms with Gasteiger partial charge in [0.15, 0.2) is 0 Å². The van der Waals surface area contributed by atoms with E-state index < -0.39 is 5.60 Å². The van der Waals surface area contributed by atoms with Crippen molar-refractivity contribution in [2.24, 2.45) is 0 Å². The van der Waals surface area contributed by atoms with Gasteiger partial charge in [0, 0.05) is 18.0 Å². The second-order valence-corrected chi connectivity index (χ2v) is 11.4. The number of carbonyl (C=O) groups is 1. The fraction of sp³-hybridized carbons (Fsp3) is 0.720. The van der Waals surface area contributed by atoms with Crippen molar-refractivity contribution in [3.8, 4) is 5.88 Å². The van der Waals surface area contributed by atoms with Crippen LogP contribution in [0.3, 0.4) is 0 Å². The number of thiophene rings is 1. The van der Waals surface area contributed by atoms with E-state index in [9.17, 15) is 4.79 Å². The molecular weight excluding hydrogens is 422 g/mol. The smallest absolute Gasteiger partial charge is 0.410 e. The van der Waals surface area contributed by atoms with E-state index >= 15 is 0 Å². The molecule has 6 nitrogen and oxygen atoms in total. The molecule has 2 aromatic rings. The van der Waals surface area contributed by atoms with Gasteiger partial charge in [0.1, 0.15) is 22.9 Å². The lowest BCUT2D eigenvalue weighted by atomic mass is 9.83. The number of nitrogens with zero attached hydrogens (tertiary/aromatic N) is 3. The molecule has 0 radical (unpaired) electrons. The van der Waals surface area contributed by atoms with E-state index in [1.807, 2.05) is 39.2 Å². The normalized spacial score (nSPS) is 23.6. The van der Waals surface area contributed by atoms with Gasteiger partial charge < -0.3 is 14.4 Å². The number of ether oxygens (including phenoxy) is 2. The lowest BCUT2D eigenvalue weighted by molar-refractivity contribution is 0.0137. The highest BCUT2D eigenvalue weighted by Crippen LogP contribution is 2.46. The zero-order valence-electron chi connectivity index (χ0n) is 20.1. The summed E-state index contributed by atoms with van der Waals surface area (Å²) in [7, 11) is 1.85. The zero-order chi connectivity index (χ0) is 22.9. The second kappa shape index (κ2) is 9.54. The molecule has 0 saturated heterocycles. The molecule has 0 spiro atoms. The first kappa shape index (κ1) is 23.3. The molecule has 2 aromatic heterocycles. The average molecular weight is 460 g/mol. The molecule has 2 aliphatic rings. The van der Waals surface area contributed by atoms with Crippen molar-refractivity contribution in [2.75, 3.05) is 7.05 Å². The zero-order valence-corrected chi connectivity index (χ0v) is 21.0. The van der Waals surface area contributed by atoms with E-state index in [0.717, 1.165) is 42.8 Å². The van der Waals surface area contributed by atoms with Gasteiger partial charge in [0.25, 0.3) is 0 Å². The molecule has 0 N–H and O–H groups in total. The Balaban J connectivity index is 1.45. The van der Waals surface area contributed by atoms with E-state index in [1.165, 1.54) is 41.5 Å². The van der Waals surface area contributed by atoms with Crippen molar-refractivity contribution in [1.29, 1.82) is 0 Å². The maximum Gasteiger partial charge on any atom is 0.410 e. The summed E-state index contributed by atoms with van der Waals surface area (Å²) in [6.45, 7) is 7.98. The predicted octanol–water partition coefficient (Wildman–Crippen LogP) is 6.47. The Morgan fingerprint density at radius 1 is 1.19 bits per heavy atom. The van der Waals surface area contributed by atoms with Gasteiger partial charge in [0.05, 0.1) is 5.39 Å². The van der Waals surface area contributed by atoms with Gasteiger partial charge in [-0.3, -0.25) is 0 Å². The summed E-state index contributed by atoms with van der Waals surface area (Å²) in [4.78, 5) is 25.9. The van der Waals surface area contributed by atoms with Crippen LogP contribution in [0.5, 0.6) is 5.88 Å². The molecule has 1 fully saturated rings. The third-order valence-corrected chi connectivity index (χ3v) is 7.89. The Labute approximate surface area is 195 Å². The first-order valence-corrected chi connectivity index (χ1v) is 13.0. The average Bonchev–Trinajstić information content (AvgIpc) is 3.13. The topological polar surface area (TPSA) is 64.6 Å². The molecule has 32 heavy (non-hydrogen) atoms. The lowest BCUT2D eigenvalue weighted by Crippen LogP contribution is -2.43. The SMILES string of the molecule is CCC[C@H]1CCCc2sc3ncnc(O[C@H]4CC[C@H](N(C)C(=O)OC(C)(C)C)CC4)c3c21. The van der Waals surface area contributed by atoms with Gasteiger partial charge in [0.2, 0.25) is 5.88 Å². The van der Waals surface area contributed by atoms with Gasteiger partial charge in [-0.1, -0.05) is 13.3 Å². The first-order valence-electron chi connectivity index (χ1n) is 12.2. The van der Waals surface area contributed by atoms with Crippen LogP contribution in [0.1, 0.15) is 95.4 Å². The number of hydrogen-bond donors (Lipinski definition) is 0. The molecule has 2 aliphatic carbocycles. The molecular formula is C25H37N3O3S. The van der Waals surface area contributed by atoms with Crippen molar-refractivity contribution in [3.63, 3.8) is 0 Å². The second-order valence-electron chi connectivity index (χ2n) is 10.3. The molecule has 7 heteroatoms. The van der Waals surface area contributed by atoms with Crippen LogP contribution in [0.2, 0.25) is 0 Å². The Bertz CT molecular complexity index is 944. The number of amides is 1. The van der Waals surface area contributed by atoms with Crippen molar-refractivity contribution in [1.82, 2.24) is 14.9 Å². The quantitative estimate of drug-likeness (QED) is 0.513. The Morgan fingerprint density at radius 2 is 1.94 bits per heavy atom. The number of aromatic nitrogens is 2. The molecule has 0 aliphatic heterocycles. The minimum Gasteiger partial charge on any atom is -0.474 e. The summed E-state index contributed by atoms with van der Waals surface area (Å²) < 4.78 is 12.0. The van der Waals surface area contributed by atoms with Crippen molar-refractivity contribution in [2.45, 2.75) is 109 Å². The molecule has 1 atom stereocenters. The van der Waals surface area contributed by atoms with Crippen LogP contribution in [0.15, 0.2) is 6.33 Å². The van der Waals surface area contributed by atoms with Gasteiger partial charge >= 0.3 is 6.09 Å². The van der Waals surface area contributed by atoms with Crippen LogP contribution in [-0.4, -0.2) is 45.8 Å². The molecule has 176 valence electrons. The number of fused-ring (bicyclic) bond motifs is 3. The molecule has 1 saturated carbocycles. The van der Waals surface area contributed by atoms with Crippen molar-refractivity contribution in [3.05, 3.63) is 16.8 Å². The van der Waals surface area contributed by atoms with Gasteiger partial charge in [-0.2, -0.15) is 0 Å². The van der Waals surface area contributed by atoms with Crippen LogP contribution in [0, 0.1) is 0 Å². The van der Waals surface area contributed by atoms with E-state index in [2.05, 4.69) is 16.9 Å². The van der Waals surface area contributed by atoms with E-state index in [4.69, 9.17) is 9.47 Å². The number of rotatable bonds is 5. The summed E-state index contributed by atoms with van der Waals surface area (Å²) >= 11 is 1.83. The standard InChI is InChI=1S/C25H37N3O3S/c1-6-8-16-9-7-10-19-20(16)21-22(26-15-27-23(21)32-19)30-18-13-11-17(12-14-18)28(5)24(29)31-25(2,3)4/h15-18H,6-14H2,1-5H3/t16-,17-,18-/m0/s1. The van der Waals surface area contributed by atoms with E-state index in [0.29, 0.717) is 5.92 Å². The van der Waals surface area contributed by atoms with Crippen LogP contribution in [0.4, 0.5) is 4.79 Å². The largest absolute Gasteiger partial charge is 0.474 e. The first-order chi connectivity index (χ1) is 15.3. The minimum absolute atomic E-state index is 0.125. The van der Waals surface area contributed by atoms with Crippen LogP contribution in [-0.2, 0) is 11.2 Å². The fourth-order valence-electron chi connectivity index (χ4n) is 5.16. The van der Waals surface area contributed by atoms with E-state index in [1.54, 1.807) is 11.2 Å². The monoisotopic (exact) mass is 459 g/mol. The molecule has 0 aromatic carbocycles. The van der Waals surface area contributed by atoms with Gasteiger partial charge in [-0.25, -0.2) is 14.8 Å². The minimum atomic E-state index is -0.473. The number of carbonyl (C=O) groups excluding carboxylic acids is 1. The van der Waals surface area contributed by atoms with Gasteiger partial charge in [-0.15, -0.1) is 11.3 Å². The summed E-state index contributed by atoms with van der Waals surface area (Å²) in [6, 6.07) is 0.193. The van der Waals surface area contributed by atoms with Crippen molar-refractivity contribution >= 4 is 27.6 Å². The number of hydrogen-bond acceptors (Lipinski definition) is 6. The predicted molar refractivity (Wildman–Crippen MR) is 129 cm³/mol. The molecule has 0 unspecified atom stereocenters. The van der Waals surface area contributed by atoms with E-state index in [-0.39, 0.29) is 18.2 Å². The Morgan fingerprint density at radius 3 is 2.62 bits per heavy atom. The summed E-state index contributed by atoms with van der Waals surface area (Å²) in [5.74, 6) is 1.36. The summed E-state index contributed by atoms with van der Waals surface area (Å²) in [5.41, 5.74) is 0.992. The maximum atomic E-state index is 12.4. The summed E-state index contributed by atoms with van der Waals surface area (Å²) in [5, 5.41) is 1.17. The molecule has 2 heterocycles. The molecule has 4 rings (SSSR count). The number of aryl methyl sites for hydroxylation is 1. The highest BCUT2D eigenvalue weighted by atomic mass is 32.1. The van der Waals surface area contributed by atoms with Crippen LogP contribution in [0.25, 0.3) is 10.2 Å². The Kier molecular flexibility index (Phi) is 6.94. The van der Waals surface area contributed by atoms with Crippen molar-refractivity contribution < 1.29 is 14.3 Å². The maximum absolute atomic E-state index is 12.4. The van der Waals surface area contributed by atoms with Crippen LogP contribution >= 0.6 is 11.3 Å².